The van der Waals surface area contributed by atoms with Crippen LogP contribution in [-0.4, -0.2) is 5.11 Å². The largest absolute Gasteiger partial charge is 0.505 e. The number of hydrogen-bond donors (Lipinski definition) is 2. The normalized spacial score (nSPS) is 12.0. The lowest BCUT2D eigenvalue weighted by atomic mass is 10.0. The highest BCUT2D eigenvalue weighted by Gasteiger charge is 2.18. The number of phenolic OH excluding ortho intramolecular Hbond substituents is 1. The molecule has 0 saturated carbocycles. The van der Waals surface area contributed by atoms with E-state index in [9.17, 15) is 13.9 Å². The van der Waals surface area contributed by atoms with Crippen molar-refractivity contribution in [3.05, 3.63) is 29.3 Å². The zero-order chi connectivity index (χ0) is 10.7. The zero-order valence-electron chi connectivity index (χ0n) is 8.34. The maximum atomic E-state index is 13.2. The van der Waals surface area contributed by atoms with E-state index in [-0.39, 0.29) is 18.0 Å². The topological polar surface area (TPSA) is 46.2 Å². The molecule has 1 atom stereocenters. The highest BCUT2D eigenvalue weighted by molar-refractivity contribution is 5.85. The molecular weight excluding hydrogens is 224 g/mol. The summed E-state index contributed by atoms with van der Waals surface area (Å²) in [6.07, 6.45) is 1.25. The molecule has 1 aromatic rings. The monoisotopic (exact) mass is 237 g/mol. The maximum Gasteiger partial charge on any atom is 0.165 e. The minimum Gasteiger partial charge on any atom is -0.505 e. The summed E-state index contributed by atoms with van der Waals surface area (Å²) in [6, 6.07) is 1.20. The Morgan fingerprint density at radius 1 is 1.33 bits per heavy atom. The predicted molar refractivity (Wildman–Crippen MR) is 57.1 cm³/mol. The van der Waals surface area contributed by atoms with Crippen LogP contribution in [0.3, 0.4) is 0 Å². The van der Waals surface area contributed by atoms with E-state index in [0.29, 0.717) is 6.42 Å². The fraction of sp³-hybridized carbons (Fsp3) is 0.400. The highest BCUT2D eigenvalue weighted by atomic mass is 35.5. The van der Waals surface area contributed by atoms with Crippen molar-refractivity contribution in [2.75, 3.05) is 0 Å². The SMILES string of the molecule is CCC[C@H](N)c1c(F)ccc(F)c1O.Cl. The van der Waals surface area contributed by atoms with Crippen LogP contribution >= 0.6 is 12.4 Å². The van der Waals surface area contributed by atoms with Gasteiger partial charge in [0.1, 0.15) is 5.82 Å². The van der Waals surface area contributed by atoms with Crippen LogP contribution in [0, 0.1) is 11.6 Å². The molecule has 0 radical (unpaired) electrons. The molecule has 0 aliphatic rings. The molecule has 0 bridgehead atoms. The molecule has 1 rings (SSSR count). The number of phenols is 1. The van der Waals surface area contributed by atoms with E-state index >= 15 is 0 Å². The van der Waals surface area contributed by atoms with Gasteiger partial charge in [0.05, 0.1) is 0 Å². The summed E-state index contributed by atoms with van der Waals surface area (Å²) in [4.78, 5) is 0. The first-order valence-electron chi connectivity index (χ1n) is 4.50. The molecule has 0 saturated heterocycles. The van der Waals surface area contributed by atoms with E-state index in [1.54, 1.807) is 0 Å². The molecule has 5 heteroatoms. The number of hydrogen-bond acceptors (Lipinski definition) is 2. The summed E-state index contributed by atoms with van der Waals surface area (Å²) in [7, 11) is 0. The Balaban J connectivity index is 0.00000196. The molecule has 0 aliphatic carbocycles. The third kappa shape index (κ3) is 3.04. The lowest BCUT2D eigenvalue weighted by Crippen LogP contribution is -2.12. The van der Waals surface area contributed by atoms with Crippen LogP contribution in [0.1, 0.15) is 31.4 Å². The number of benzene rings is 1. The molecular formula is C10H14ClF2NO. The summed E-state index contributed by atoms with van der Waals surface area (Å²) < 4.78 is 26.1. The second-order valence-corrected chi connectivity index (χ2v) is 3.19. The second-order valence-electron chi connectivity index (χ2n) is 3.19. The Labute approximate surface area is 93.5 Å². The van der Waals surface area contributed by atoms with Crippen molar-refractivity contribution >= 4 is 12.4 Å². The van der Waals surface area contributed by atoms with Gasteiger partial charge in [0.25, 0.3) is 0 Å². The van der Waals surface area contributed by atoms with Crippen molar-refractivity contribution in [3.63, 3.8) is 0 Å². The quantitative estimate of drug-likeness (QED) is 0.849. The molecule has 3 N–H and O–H groups in total. The standard InChI is InChI=1S/C10H13F2NO.ClH/c1-2-3-8(13)9-6(11)4-5-7(12)10(9)14;/h4-5,8,14H,2-3,13H2,1H3;1H/t8-;/m0./s1. The lowest BCUT2D eigenvalue weighted by molar-refractivity contribution is 0.407. The molecule has 2 nitrogen and oxygen atoms in total. The van der Waals surface area contributed by atoms with Gasteiger partial charge in [0.15, 0.2) is 11.6 Å². The first kappa shape index (κ1) is 14.1. The predicted octanol–water partition coefficient (Wildman–Crippen LogP) is 2.89. The summed E-state index contributed by atoms with van der Waals surface area (Å²) in [6.45, 7) is 1.88. The second kappa shape index (κ2) is 5.88. The van der Waals surface area contributed by atoms with Crippen LogP contribution in [0.25, 0.3) is 0 Å². The first-order chi connectivity index (χ1) is 6.57. The number of aromatic hydroxyl groups is 1. The highest BCUT2D eigenvalue weighted by Crippen LogP contribution is 2.30. The van der Waals surface area contributed by atoms with E-state index in [1.165, 1.54) is 0 Å². The Bertz CT molecular complexity index is 333. The minimum atomic E-state index is -0.840. The average molecular weight is 238 g/mol. The van der Waals surface area contributed by atoms with Gasteiger partial charge in [-0.25, -0.2) is 8.78 Å². The smallest absolute Gasteiger partial charge is 0.165 e. The summed E-state index contributed by atoms with van der Waals surface area (Å²) in [5.41, 5.74) is 5.48. The third-order valence-corrected chi connectivity index (χ3v) is 2.09. The molecule has 15 heavy (non-hydrogen) atoms. The van der Waals surface area contributed by atoms with Gasteiger partial charge in [0.2, 0.25) is 0 Å². The van der Waals surface area contributed by atoms with Gasteiger partial charge in [-0.3, -0.25) is 0 Å². The molecule has 0 aromatic heterocycles. The van der Waals surface area contributed by atoms with Gasteiger partial charge in [-0.2, -0.15) is 0 Å². The van der Waals surface area contributed by atoms with Crippen LogP contribution in [-0.2, 0) is 0 Å². The zero-order valence-corrected chi connectivity index (χ0v) is 9.15. The average Bonchev–Trinajstić information content (AvgIpc) is 2.13. The van der Waals surface area contributed by atoms with E-state index in [0.717, 1.165) is 18.6 Å². The number of rotatable bonds is 3. The Morgan fingerprint density at radius 3 is 2.40 bits per heavy atom. The molecule has 0 heterocycles. The number of nitrogens with two attached hydrogens (primary N) is 1. The van der Waals surface area contributed by atoms with E-state index in [1.807, 2.05) is 6.92 Å². The molecule has 86 valence electrons. The van der Waals surface area contributed by atoms with Gasteiger partial charge >= 0.3 is 0 Å². The third-order valence-electron chi connectivity index (χ3n) is 2.09. The fourth-order valence-electron chi connectivity index (χ4n) is 1.36. The van der Waals surface area contributed by atoms with Crippen LogP contribution in [0.15, 0.2) is 12.1 Å². The van der Waals surface area contributed by atoms with Gasteiger partial charge < -0.3 is 10.8 Å². The van der Waals surface area contributed by atoms with Crippen molar-refractivity contribution in [3.8, 4) is 5.75 Å². The maximum absolute atomic E-state index is 13.2. The number of halogens is 3. The lowest BCUT2D eigenvalue weighted by Gasteiger charge is -2.13. The van der Waals surface area contributed by atoms with Crippen molar-refractivity contribution in [2.45, 2.75) is 25.8 Å². The van der Waals surface area contributed by atoms with E-state index in [2.05, 4.69) is 0 Å². The summed E-state index contributed by atoms with van der Waals surface area (Å²) in [5.74, 6) is -2.18. The van der Waals surface area contributed by atoms with Crippen LogP contribution in [0.4, 0.5) is 8.78 Å². The van der Waals surface area contributed by atoms with Crippen molar-refractivity contribution in [1.82, 2.24) is 0 Å². The molecule has 0 aliphatic heterocycles. The molecule has 0 amide bonds. The van der Waals surface area contributed by atoms with E-state index in [4.69, 9.17) is 5.73 Å². The van der Waals surface area contributed by atoms with Crippen molar-refractivity contribution in [2.24, 2.45) is 5.73 Å². The summed E-state index contributed by atoms with van der Waals surface area (Å²) >= 11 is 0. The minimum absolute atomic E-state index is 0. The van der Waals surface area contributed by atoms with Crippen molar-refractivity contribution in [1.29, 1.82) is 0 Å². The van der Waals surface area contributed by atoms with Crippen LogP contribution < -0.4 is 5.73 Å². The Hall–Kier alpha value is -0.870. The summed E-state index contributed by atoms with van der Waals surface area (Å²) in [5, 5.41) is 9.28. The van der Waals surface area contributed by atoms with Crippen LogP contribution in [0.5, 0.6) is 5.75 Å². The van der Waals surface area contributed by atoms with Gasteiger partial charge in [-0.15, -0.1) is 12.4 Å². The molecule has 1 aromatic carbocycles. The van der Waals surface area contributed by atoms with Gasteiger partial charge in [0, 0.05) is 11.6 Å². The Morgan fingerprint density at radius 2 is 1.87 bits per heavy atom. The molecule has 0 unspecified atom stereocenters. The molecule has 0 fully saturated rings. The van der Waals surface area contributed by atoms with Gasteiger partial charge in [-0.1, -0.05) is 13.3 Å². The molecule has 0 spiro atoms. The first-order valence-corrected chi connectivity index (χ1v) is 4.50. The van der Waals surface area contributed by atoms with Crippen molar-refractivity contribution < 1.29 is 13.9 Å². The Kier molecular flexibility index (Phi) is 5.54. The van der Waals surface area contributed by atoms with Crippen LogP contribution in [0.2, 0.25) is 0 Å². The van der Waals surface area contributed by atoms with Gasteiger partial charge in [-0.05, 0) is 18.6 Å². The fourth-order valence-corrected chi connectivity index (χ4v) is 1.36. The van der Waals surface area contributed by atoms with E-state index < -0.39 is 23.4 Å².